The molecule has 8 heteroatoms. The predicted molar refractivity (Wildman–Crippen MR) is 84.8 cm³/mol. The Bertz CT molecular complexity index is 767. The average Bonchev–Trinajstić information content (AvgIpc) is 2.53. The number of amides is 2. The van der Waals surface area contributed by atoms with Crippen LogP contribution < -0.4 is 15.8 Å². The molecule has 23 heavy (non-hydrogen) atoms. The molecule has 0 radical (unpaired) electrons. The van der Waals surface area contributed by atoms with Crippen LogP contribution in [0.15, 0.2) is 40.9 Å². The van der Waals surface area contributed by atoms with Crippen LogP contribution in [0.2, 0.25) is 0 Å². The van der Waals surface area contributed by atoms with Gasteiger partial charge in [-0.3, -0.25) is 9.59 Å². The summed E-state index contributed by atoms with van der Waals surface area (Å²) in [6.45, 7) is -0.437. The van der Waals surface area contributed by atoms with Crippen LogP contribution in [-0.2, 0) is 4.79 Å². The molecule has 0 heterocycles. The number of primary amides is 1. The first-order chi connectivity index (χ1) is 10.9. The molecule has 0 saturated carbocycles. The van der Waals surface area contributed by atoms with E-state index in [0.29, 0.717) is 0 Å². The molecule has 0 aliphatic carbocycles. The van der Waals surface area contributed by atoms with Crippen molar-refractivity contribution in [1.82, 2.24) is 0 Å². The minimum Gasteiger partial charge on any atom is -0.506 e. The first-order valence-electron chi connectivity index (χ1n) is 6.38. The summed E-state index contributed by atoms with van der Waals surface area (Å²) in [7, 11) is 0. The van der Waals surface area contributed by atoms with Gasteiger partial charge in [0, 0.05) is 5.56 Å². The summed E-state index contributed by atoms with van der Waals surface area (Å²) in [5, 5.41) is 11.8. The number of nitrogens with one attached hydrogen (secondary N) is 1. The summed E-state index contributed by atoms with van der Waals surface area (Å²) >= 11 is 2.95. The fourth-order valence-corrected chi connectivity index (χ4v) is 2.05. The van der Waals surface area contributed by atoms with Crippen LogP contribution in [0.1, 0.15) is 10.4 Å². The molecule has 0 unspecified atom stereocenters. The fourth-order valence-electron chi connectivity index (χ4n) is 1.72. The molecule has 2 aromatic rings. The number of anilines is 1. The number of phenolic OH excluding ortho intramolecular Hbond substituents is 1. The zero-order valence-electron chi connectivity index (χ0n) is 11.7. The van der Waals surface area contributed by atoms with E-state index in [-0.39, 0.29) is 21.5 Å². The second-order valence-corrected chi connectivity index (χ2v) is 5.34. The molecule has 0 atom stereocenters. The Labute approximate surface area is 139 Å². The predicted octanol–water partition coefficient (Wildman–Crippen LogP) is 2.41. The fraction of sp³-hybridized carbons (Fsp3) is 0.0667. The molecule has 4 N–H and O–H groups in total. The zero-order chi connectivity index (χ0) is 17.0. The normalized spacial score (nSPS) is 10.2. The third-order valence-corrected chi connectivity index (χ3v) is 3.44. The van der Waals surface area contributed by atoms with Crippen molar-refractivity contribution in [2.75, 3.05) is 11.9 Å². The number of aromatic hydroxyl groups is 1. The van der Waals surface area contributed by atoms with E-state index in [1.54, 1.807) is 6.07 Å². The van der Waals surface area contributed by atoms with Crippen LogP contribution in [0, 0.1) is 5.82 Å². The number of rotatable bonds is 5. The number of benzene rings is 2. The number of nitrogens with two attached hydrogens (primary N) is 1. The van der Waals surface area contributed by atoms with Gasteiger partial charge in [-0.05, 0) is 46.3 Å². The standard InChI is InChI=1S/C15H12BrFN2O4/c16-10-4-5-11(20)14(13(10)17)19-12(21)7-23-9-3-1-2-8(6-9)15(18)22/h1-6,20H,7H2,(H2,18,22)(H,19,21). The van der Waals surface area contributed by atoms with E-state index in [0.717, 1.165) is 0 Å². The van der Waals surface area contributed by atoms with Crippen molar-refractivity contribution in [3.8, 4) is 11.5 Å². The van der Waals surface area contributed by atoms with E-state index in [1.165, 1.54) is 30.3 Å². The van der Waals surface area contributed by atoms with Gasteiger partial charge in [0.15, 0.2) is 12.4 Å². The molecule has 2 amide bonds. The van der Waals surface area contributed by atoms with Crippen molar-refractivity contribution in [1.29, 1.82) is 0 Å². The molecule has 6 nitrogen and oxygen atoms in total. The molecule has 2 aromatic carbocycles. The van der Waals surface area contributed by atoms with Crippen molar-refractivity contribution in [3.05, 3.63) is 52.3 Å². The quantitative estimate of drug-likeness (QED) is 0.691. The number of carbonyl (C=O) groups excluding carboxylic acids is 2. The lowest BCUT2D eigenvalue weighted by Crippen LogP contribution is -2.21. The summed E-state index contributed by atoms with van der Waals surface area (Å²) in [6.07, 6.45) is 0. The van der Waals surface area contributed by atoms with Gasteiger partial charge in [-0.15, -0.1) is 0 Å². The Kier molecular flexibility index (Phi) is 5.17. The van der Waals surface area contributed by atoms with E-state index in [4.69, 9.17) is 10.5 Å². The van der Waals surface area contributed by atoms with Gasteiger partial charge in [0.1, 0.15) is 17.2 Å². The van der Waals surface area contributed by atoms with E-state index >= 15 is 0 Å². The molecule has 0 spiro atoms. The highest BCUT2D eigenvalue weighted by atomic mass is 79.9. The van der Waals surface area contributed by atoms with Crippen LogP contribution in [-0.4, -0.2) is 23.5 Å². The van der Waals surface area contributed by atoms with Crippen LogP contribution >= 0.6 is 15.9 Å². The SMILES string of the molecule is NC(=O)c1cccc(OCC(=O)Nc2c(O)ccc(Br)c2F)c1. The van der Waals surface area contributed by atoms with Gasteiger partial charge >= 0.3 is 0 Å². The number of hydrogen-bond acceptors (Lipinski definition) is 4. The smallest absolute Gasteiger partial charge is 0.262 e. The zero-order valence-corrected chi connectivity index (χ0v) is 13.3. The lowest BCUT2D eigenvalue weighted by atomic mass is 10.2. The van der Waals surface area contributed by atoms with Crippen molar-refractivity contribution in [3.63, 3.8) is 0 Å². The van der Waals surface area contributed by atoms with E-state index in [9.17, 15) is 19.1 Å². The Morgan fingerprint density at radius 1 is 1.30 bits per heavy atom. The average molecular weight is 383 g/mol. The van der Waals surface area contributed by atoms with Gasteiger partial charge in [0.05, 0.1) is 4.47 Å². The lowest BCUT2D eigenvalue weighted by Gasteiger charge is -2.10. The third-order valence-electron chi connectivity index (χ3n) is 2.83. The first kappa shape index (κ1) is 16.8. The lowest BCUT2D eigenvalue weighted by molar-refractivity contribution is -0.118. The molecule has 0 aromatic heterocycles. The molecule has 0 bridgehead atoms. The van der Waals surface area contributed by atoms with E-state index < -0.39 is 30.0 Å². The Morgan fingerprint density at radius 2 is 2.04 bits per heavy atom. The minimum atomic E-state index is -0.797. The van der Waals surface area contributed by atoms with Crippen LogP contribution in [0.25, 0.3) is 0 Å². The highest BCUT2D eigenvalue weighted by molar-refractivity contribution is 9.10. The molecule has 0 fully saturated rings. The minimum absolute atomic E-state index is 0.0978. The third kappa shape index (κ3) is 4.19. The van der Waals surface area contributed by atoms with Gasteiger partial charge in [0.25, 0.3) is 5.91 Å². The maximum Gasteiger partial charge on any atom is 0.262 e. The number of hydrogen-bond donors (Lipinski definition) is 3. The van der Waals surface area contributed by atoms with Gasteiger partial charge < -0.3 is 20.9 Å². The van der Waals surface area contributed by atoms with E-state index in [2.05, 4.69) is 21.2 Å². The maximum atomic E-state index is 13.8. The van der Waals surface area contributed by atoms with Crippen LogP contribution in [0.4, 0.5) is 10.1 Å². The first-order valence-corrected chi connectivity index (χ1v) is 7.17. The summed E-state index contributed by atoms with van der Waals surface area (Å²) in [5.41, 5.74) is 5.03. The number of ether oxygens (including phenoxy) is 1. The topological polar surface area (TPSA) is 102 Å². The van der Waals surface area contributed by atoms with Crippen molar-refractivity contribution < 1.29 is 23.8 Å². The molecular weight excluding hydrogens is 371 g/mol. The van der Waals surface area contributed by atoms with E-state index in [1.807, 2.05) is 0 Å². The maximum absolute atomic E-state index is 13.8. The summed E-state index contributed by atoms with van der Waals surface area (Å²) in [5.74, 6) is -2.25. The highest BCUT2D eigenvalue weighted by Gasteiger charge is 2.15. The van der Waals surface area contributed by atoms with Crippen LogP contribution in [0.5, 0.6) is 11.5 Å². The Balaban J connectivity index is 2.02. The van der Waals surface area contributed by atoms with Gasteiger partial charge in [-0.1, -0.05) is 6.07 Å². The largest absolute Gasteiger partial charge is 0.506 e. The summed E-state index contributed by atoms with van der Waals surface area (Å²) < 4.78 is 19.1. The molecule has 120 valence electrons. The number of carbonyl (C=O) groups is 2. The second kappa shape index (κ2) is 7.10. The Hall–Kier alpha value is -2.61. The van der Waals surface area contributed by atoms with Gasteiger partial charge in [0.2, 0.25) is 5.91 Å². The summed E-state index contributed by atoms with van der Waals surface area (Å²) in [4.78, 5) is 22.9. The van der Waals surface area contributed by atoms with Crippen molar-refractivity contribution >= 4 is 33.4 Å². The van der Waals surface area contributed by atoms with Gasteiger partial charge in [-0.25, -0.2) is 4.39 Å². The molecule has 2 rings (SSSR count). The monoisotopic (exact) mass is 382 g/mol. The van der Waals surface area contributed by atoms with Crippen molar-refractivity contribution in [2.45, 2.75) is 0 Å². The molecular formula is C15H12BrFN2O4. The summed E-state index contributed by atoms with van der Waals surface area (Å²) in [6, 6.07) is 8.52. The molecule has 0 aliphatic rings. The Morgan fingerprint density at radius 3 is 2.74 bits per heavy atom. The van der Waals surface area contributed by atoms with Crippen molar-refractivity contribution in [2.24, 2.45) is 5.73 Å². The molecule has 0 saturated heterocycles. The highest BCUT2D eigenvalue weighted by Crippen LogP contribution is 2.31. The number of halogens is 2. The molecule has 0 aliphatic heterocycles. The second-order valence-electron chi connectivity index (χ2n) is 4.48. The van der Waals surface area contributed by atoms with Crippen LogP contribution in [0.3, 0.4) is 0 Å². The number of phenols is 1. The van der Waals surface area contributed by atoms with Gasteiger partial charge in [-0.2, -0.15) is 0 Å².